The summed E-state index contributed by atoms with van der Waals surface area (Å²) in [5.74, 6) is 2.89. The SMILES string of the molecule is NOCCCCCCNC(=O)C(F)(F)F. The van der Waals surface area contributed by atoms with Gasteiger partial charge in [0.25, 0.3) is 0 Å². The zero-order valence-electron chi connectivity index (χ0n) is 8.27. The number of hydrogen-bond donors (Lipinski definition) is 2. The standard InChI is InChI=1S/C8H15F3N2O2/c9-8(10,11)7(14)13-5-3-1-2-4-6-15-12/h1-6,12H2,(H,13,14). The van der Waals surface area contributed by atoms with Gasteiger partial charge >= 0.3 is 12.1 Å². The molecule has 1 amide bonds. The number of alkyl halides is 3. The quantitative estimate of drug-likeness (QED) is 0.507. The molecular formula is C8H15F3N2O2. The van der Waals surface area contributed by atoms with Crippen molar-refractivity contribution in [2.45, 2.75) is 31.9 Å². The van der Waals surface area contributed by atoms with Crippen molar-refractivity contribution >= 4 is 5.91 Å². The van der Waals surface area contributed by atoms with E-state index in [2.05, 4.69) is 4.84 Å². The van der Waals surface area contributed by atoms with Crippen LogP contribution in [0.5, 0.6) is 0 Å². The molecule has 0 bridgehead atoms. The van der Waals surface area contributed by atoms with Crippen LogP contribution in [0, 0.1) is 0 Å². The van der Waals surface area contributed by atoms with Gasteiger partial charge in [0.15, 0.2) is 0 Å². The van der Waals surface area contributed by atoms with Crippen molar-refractivity contribution in [2.75, 3.05) is 13.2 Å². The predicted molar refractivity (Wildman–Crippen MR) is 47.7 cm³/mol. The van der Waals surface area contributed by atoms with E-state index < -0.39 is 12.1 Å². The van der Waals surface area contributed by atoms with E-state index in [0.29, 0.717) is 13.0 Å². The number of carbonyl (C=O) groups excluding carboxylic acids is 1. The maximum atomic E-state index is 11.7. The summed E-state index contributed by atoms with van der Waals surface area (Å²) < 4.78 is 35.0. The number of unbranched alkanes of at least 4 members (excludes halogenated alkanes) is 3. The zero-order valence-corrected chi connectivity index (χ0v) is 8.27. The fourth-order valence-electron chi connectivity index (χ4n) is 0.966. The third-order valence-electron chi connectivity index (χ3n) is 1.73. The van der Waals surface area contributed by atoms with E-state index >= 15 is 0 Å². The van der Waals surface area contributed by atoms with Crippen molar-refractivity contribution < 1.29 is 22.8 Å². The van der Waals surface area contributed by atoms with Crippen LogP contribution < -0.4 is 11.2 Å². The lowest BCUT2D eigenvalue weighted by molar-refractivity contribution is -0.173. The Morgan fingerprint density at radius 2 is 1.80 bits per heavy atom. The molecule has 0 aromatic carbocycles. The second-order valence-corrected chi connectivity index (χ2v) is 3.04. The van der Waals surface area contributed by atoms with Gasteiger partial charge in [-0.3, -0.25) is 4.79 Å². The number of halogens is 3. The van der Waals surface area contributed by atoms with E-state index in [1.165, 1.54) is 0 Å². The molecule has 0 aromatic heterocycles. The van der Waals surface area contributed by atoms with Crippen molar-refractivity contribution in [3.63, 3.8) is 0 Å². The van der Waals surface area contributed by atoms with Crippen molar-refractivity contribution in [1.82, 2.24) is 5.32 Å². The van der Waals surface area contributed by atoms with Crippen LogP contribution in [0.2, 0.25) is 0 Å². The molecule has 0 saturated heterocycles. The van der Waals surface area contributed by atoms with Gasteiger partial charge in [0.2, 0.25) is 0 Å². The van der Waals surface area contributed by atoms with Crippen LogP contribution in [0.4, 0.5) is 13.2 Å². The molecule has 3 N–H and O–H groups in total. The summed E-state index contributed by atoms with van der Waals surface area (Å²) >= 11 is 0. The molecule has 0 aliphatic rings. The Morgan fingerprint density at radius 3 is 2.33 bits per heavy atom. The molecule has 0 aliphatic carbocycles. The number of hydrogen-bond acceptors (Lipinski definition) is 3. The maximum absolute atomic E-state index is 11.7. The summed E-state index contributed by atoms with van der Waals surface area (Å²) in [4.78, 5) is 14.6. The zero-order chi connectivity index (χ0) is 11.7. The fourth-order valence-corrected chi connectivity index (χ4v) is 0.966. The van der Waals surface area contributed by atoms with Crippen molar-refractivity contribution in [3.8, 4) is 0 Å². The minimum Gasteiger partial charge on any atom is -0.348 e. The van der Waals surface area contributed by atoms with E-state index in [4.69, 9.17) is 5.90 Å². The molecule has 0 atom stereocenters. The molecule has 0 saturated carbocycles. The number of rotatable bonds is 7. The van der Waals surface area contributed by atoms with Gasteiger partial charge in [-0.1, -0.05) is 12.8 Å². The molecule has 7 heteroatoms. The molecule has 0 radical (unpaired) electrons. The molecular weight excluding hydrogens is 213 g/mol. The highest BCUT2D eigenvalue weighted by Gasteiger charge is 2.37. The van der Waals surface area contributed by atoms with Crippen molar-refractivity contribution in [2.24, 2.45) is 5.90 Å². The van der Waals surface area contributed by atoms with Crippen molar-refractivity contribution in [3.05, 3.63) is 0 Å². The normalized spacial score (nSPS) is 11.5. The van der Waals surface area contributed by atoms with Crippen LogP contribution in [0.15, 0.2) is 0 Å². The highest BCUT2D eigenvalue weighted by atomic mass is 19.4. The first kappa shape index (κ1) is 14.2. The first-order valence-corrected chi connectivity index (χ1v) is 4.65. The van der Waals surface area contributed by atoms with Crippen LogP contribution >= 0.6 is 0 Å². The second kappa shape index (κ2) is 7.47. The lowest BCUT2D eigenvalue weighted by Gasteiger charge is -2.07. The van der Waals surface area contributed by atoms with Gasteiger partial charge in [-0.2, -0.15) is 13.2 Å². The monoisotopic (exact) mass is 228 g/mol. The number of carbonyl (C=O) groups is 1. The van der Waals surface area contributed by atoms with Crippen molar-refractivity contribution in [1.29, 1.82) is 0 Å². The minimum absolute atomic E-state index is 0.0435. The molecule has 0 aromatic rings. The predicted octanol–water partition coefficient (Wildman–Crippen LogP) is 1.12. The van der Waals surface area contributed by atoms with Gasteiger partial charge in [-0.25, -0.2) is 5.90 Å². The Bertz CT molecular complexity index is 185. The summed E-state index contributed by atoms with van der Waals surface area (Å²) in [5, 5.41) is 1.79. The fraction of sp³-hybridized carbons (Fsp3) is 0.875. The van der Waals surface area contributed by atoms with E-state index in [1.807, 2.05) is 0 Å². The molecule has 0 fully saturated rings. The maximum Gasteiger partial charge on any atom is 0.471 e. The molecule has 0 heterocycles. The summed E-state index contributed by atoms with van der Waals surface area (Å²) in [6, 6.07) is 0. The van der Waals surface area contributed by atoms with Gasteiger partial charge in [0, 0.05) is 6.54 Å². The number of nitrogens with one attached hydrogen (secondary N) is 1. The Labute approximate surface area is 85.9 Å². The smallest absolute Gasteiger partial charge is 0.348 e. The lowest BCUT2D eigenvalue weighted by Crippen LogP contribution is -2.37. The van der Waals surface area contributed by atoms with Crippen LogP contribution in [0.3, 0.4) is 0 Å². The molecule has 90 valence electrons. The summed E-state index contributed by atoms with van der Waals surface area (Å²) in [7, 11) is 0. The van der Waals surface area contributed by atoms with Gasteiger partial charge in [-0.05, 0) is 12.8 Å². The highest BCUT2D eigenvalue weighted by molar-refractivity contribution is 5.81. The highest BCUT2D eigenvalue weighted by Crippen LogP contribution is 2.13. The molecule has 0 aliphatic heterocycles. The molecule has 0 unspecified atom stereocenters. The number of nitrogens with two attached hydrogens (primary N) is 1. The number of amides is 1. The van der Waals surface area contributed by atoms with E-state index in [9.17, 15) is 18.0 Å². The lowest BCUT2D eigenvalue weighted by atomic mass is 10.2. The Balaban J connectivity index is 3.28. The summed E-state index contributed by atoms with van der Waals surface area (Å²) in [6.45, 7) is 0.483. The third-order valence-corrected chi connectivity index (χ3v) is 1.73. The molecule has 15 heavy (non-hydrogen) atoms. The summed E-state index contributed by atoms with van der Waals surface area (Å²) in [5.41, 5.74) is 0. The van der Waals surface area contributed by atoms with Gasteiger partial charge in [-0.15, -0.1) is 0 Å². The Morgan fingerprint density at radius 1 is 1.20 bits per heavy atom. The van der Waals surface area contributed by atoms with Gasteiger partial charge in [0.1, 0.15) is 0 Å². The van der Waals surface area contributed by atoms with Crippen LogP contribution in [0.1, 0.15) is 25.7 Å². The first-order valence-electron chi connectivity index (χ1n) is 4.65. The Hall–Kier alpha value is -0.820. The topological polar surface area (TPSA) is 64.3 Å². The first-order chi connectivity index (χ1) is 6.98. The largest absolute Gasteiger partial charge is 0.471 e. The second-order valence-electron chi connectivity index (χ2n) is 3.04. The van der Waals surface area contributed by atoms with E-state index in [-0.39, 0.29) is 6.54 Å². The average Bonchev–Trinajstić information content (AvgIpc) is 2.14. The van der Waals surface area contributed by atoms with E-state index in [1.54, 1.807) is 5.32 Å². The molecule has 0 spiro atoms. The van der Waals surface area contributed by atoms with Crippen LogP contribution in [-0.2, 0) is 9.63 Å². The molecule has 0 rings (SSSR count). The van der Waals surface area contributed by atoms with Crippen LogP contribution in [-0.4, -0.2) is 25.2 Å². The molecule has 4 nitrogen and oxygen atoms in total. The Kier molecular flexibility index (Phi) is 7.06. The van der Waals surface area contributed by atoms with E-state index in [0.717, 1.165) is 19.3 Å². The minimum atomic E-state index is -4.78. The van der Waals surface area contributed by atoms with Gasteiger partial charge < -0.3 is 10.2 Å². The third kappa shape index (κ3) is 8.19. The average molecular weight is 228 g/mol. The van der Waals surface area contributed by atoms with Crippen LogP contribution in [0.25, 0.3) is 0 Å². The summed E-state index contributed by atoms with van der Waals surface area (Å²) in [6.07, 6.45) is -1.94. The van der Waals surface area contributed by atoms with Gasteiger partial charge in [0.05, 0.1) is 6.61 Å².